The van der Waals surface area contributed by atoms with Crippen molar-refractivity contribution in [3.8, 4) is 5.75 Å². The molecule has 1 aliphatic heterocycles. The van der Waals surface area contributed by atoms with Gasteiger partial charge in [-0.05, 0) is 36.4 Å². The molecule has 0 N–H and O–H groups in total. The number of imidazole rings is 1. The number of aromatic nitrogens is 2. The van der Waals surface area contributed by atoms with Gasteiger partial charge in [0.05, 0.1) is 17.6 Å². The van der Waals surface area contributed by atoms with Crippen molar-refractivity contribution in [2.45, 2.75) is 18.9 Å². The standard InChI is InChI=1S/C24H20F7N5O3/c1-33(17-4-2-16(25)3-5-17)22(38)39-20-18(24(29,30)31)12-15(23(26,27)28)13-19(20)36-11-10-35(21(36)37)9-8-34-7-6-32-14-34/h2-7,12-14H,8-11H2,1H3/i1D3. The number of hydrogen-bond acceptors (Lipinski definition) is 4. The van der Waals surface area contributed by atoms with Crippen molar-refractivity contribution >= 4 is 23.5 Å². The van der Waals surface area contributed by atoms with E-state index in [-0.39, 0.29) is 43.2 Å². The molecule has 0 atom stereocenters. The summed E-state index contributed by atoms with van der Waals surface area (Å²) in [7, 11) is 0. The predicted octanol–water partition coefficient (Wildman–Crippen LogP) is 5.64. The number of alkyl halides is 6. The Labute approximate surface area is 221 Å². The second kappa shape index (κ2) is 10.5. The minimum Gasteiger partial charge on any atom is -0.407 e. The number of carbonyl (C=O) groups is 2. The Morgan fingerprint density at radius 2 is 1.79 bits per heavy atom. The molecular weight excluding hydrogens is 539 g/mol. The normalized spacial score (nSPS) is 15.7. The minimum absolute atomic E-state index is 0.0172. The number of amides is 3. The lowest BCUT2D eigenvalue weighted by Gasteiger charge is -2.26. The highest BCUT2D eigenvalue weighted by molar-refractivity contribution is 5.97. The Kier molecular flexibility index (Phi) is 6.38. The van der Waals surface area contributed by atoms with Gasteiger partial charge in [-0.2, -0.15) is 26.3 Å². The van der Waals surface area contributed by atoms with Crippen LogP contribution in [0, 0.1) is 5.82 Å². The number of hydrogen-bond donors (Lipinski definition) is 0. The third-order valence-electron chi connectivity index (χ3n) is 5.73. The number of anilines is 2. The molecule has 39 heavy (non-hydrogen) atoms. The number of halogens is 7. The molecule has 0 saturated carbocycles. The van der Waals surface area contributed by atoms with Crippen molar-refractivity contribution in [3.05, 3.63) is 72.1 Å². The van der Waals surface area contributed by atoms with Gasteiger partial charge in [-0.3, -0.25) is 9.80 Å². The van der Waals surface area contributed by atoms with Gasteiger partial charge in [-0.15, -0.1) is 0 Å². The molecule has 1 fully saturated rings. The van der Waals surface area contributed by atoms with Gasteiger partial charge in [-0.25, -0.2) is 19.0 Å². The van der Waals surface area contributed by atoms with E-state index >= 15 is 0 Å². The van der Waals surface area contributed by atoms with Gasteiger partial charge in [0.15, 0.2) is 5.75 Å². The molecule has 8 nitrogen and oxygen atoms in total. The highest BCUT2D eigenvalue weighted by atomic mass is 19.4. The molecule has 0 spiro atoms. The summed E-state index contributed by atoms with van der Waals surface area (Å²) >= 11 is 0. The molecule has 2 heterocycles. The average molecular weight is 562 g/mol. The summed E-state index contributed by atoms with van der Waals surface area (Å²) in [6.45, 7) is -3.64. The second-order valence-corrected chi connectivity index (χ2v) is 8.27. The lowest BCUT2D eigenvalue weighted by atomic mass is 10.1. The number of benzene rings is 2. The molecule has 1 saturated heterocycles. The van der Waals surface area contributed by atoms with E-state index in [0.717, 1.165) is 29.2 Å². The lowest BCUT2D eigenvalue weighted by molar-refractivity contribution is -0.143. The average Bonchev–Trinajstić information content (AvgIpc) is 3.51. The van der Waals surface area contributed by atoms with Crippen LogP contribution >= 0.6 is 0 Å². The zero-order valence-corrected chi connectivity index (χ0v) is 19.6. The Morgan fingerprint density at radius 1 is 1.08 bits per heavy atom. The van der Waals surface area contributed by atoms with E-state index < -0.39 is 65.5 Å². The number of rotatable bonds is 6. The summed E-state index contributed by atoms with van der Waals surface area (Å²) in [6, 6.07) is 2.15. The van der Waals surface area contributed by atoms with Crippen molar-refractivity contribution in [1.29, 1.82) is 0 Å². The first kappa shape index (κ1) is 23.8. The van der Waals surface area contributed by atoms with Crippen molar-refractivity contribution in [3.63, 3.8) is 0 Å². The van der Waals surface area contributed by atoms with Crippen LogP contribution in [0.3, 0.4) is 0 Å². The van der Waals surface area contributed by atoms with Crippen molar-refractivity contribution in [2.24, 2.45) is 0 Å². The van der Waals surface area contributed by atoms with E-state index in [2.05, 4.69) is 4.98 Å². The zero-order valence-electron chi connectivity index (χ0n) is 22.6. The third-order valence-corrected chi connectivity index (χ3v) is 5.73. The molecule has 1 aromatic heterocycles. The Morgan fingerprint density at radius 3 is 2.38 bits per heavy atom. The summed E-state index contributed by atoms with van der Waals surface area (Å²) in [5, 5.41) is 0. The highest BCUT2D eigenvalue weighted by Gasteiger charge is 2.44. The number of urea groups is 1. The fourth-order valence-electron chi connectivity index (χ4n) is 3.79. The van der Waals surface area contributed by atoms with E-state index in [0.29, 0.717) is 4.90 Å². The summed E-state index contributed by atoms with van der Waals surface area (Å²) in [5.41, 5.74) is -5.42. The van der Waals surface area contributed by atoms with E-state index in [1.54, 1.807) is 10.8 Å². The quantitative estimate of drug-likeness (QED) is 0.365. The monoisotopic (exact) mass is 562 g/mol. The lowest BCUT2D eigenvalue weighted by Crippen LogP contribution is -2.35. The molecule has 208 valence electrons. The van der Waals surface area contributed by atoms with Crippen molar-refractivity contribution < 1.29 is 49.2 Å². The predicted molar refractivity (Wildman–Crippen MR) is 124 cm³/mol. The molecule has 0 radical (unpaired) electrons. The van der Waals surface area contributed by atoms with Crippen LogP contribution in [0.4, 0.5) is 51.7 Å². The van der Waals surface area contributed by atoms with Gasteiger partial charge in [0.25, 0.3) is 0 Å². The SMILES string of the molecule is [2H]C([2H])([2H])N(C(=O)Oc1c(N2CCN(CCn3ccnc3)C2=O)cc(C(F)(F)F)cc1C(F)(F)F)c1ccc(F)cc1. The fraction of sp³-hybridized carbons (Fsp3) is 0.292. The largest absolute Gasteiger partial charge is 0.420 e. The first-order valence-corrected chi connectivity index (χ1v) is 11.1. The van der Waals surface area contributed by atoms with Gasteiger partial charge in [-0.1, -0.05) is 0 Å². The maximum atomic E-state index is 14.1. The van der Waals surface area contributed by atoms with E-state index in [4.69, 9.17) is 8.85 Å². The summed E-state index contributed by atoms with van der Waals surface area (Å²) in [6.07, 6.45) is -8.31. The molecule has 15 heteroatoms. The van der Waals surface area contributed by atoms with Crippen LogP contribution in [0.15, 0.2) is 55.1 Å². The van der Waals surface area contributed by atoms with Gasteiger partial charge < -0.3 is 14.2 Å². The molecule has 2 aromatic carbocycles. The Bertz CT molecular complexity index is 1450. The van der Waals surface area contributed by atoms with Crippen LogP contribution in [0.25, 0.3) is 0 Å². The van der Waals surface area contributed by atoms with Crippen molar-refractivity contribution in [1.82, 2.24) is 14.5 Å². The van der Waals surface area contributed by atoms with E-state index in [1.165, 1.54) is 12.5 Å². The Hall–Kier alpha value is -4.30. The van der Waals surface area contributed by atoms with Gasteiger partial charge in [0, 0.05) is 55.3 Å². The van der Waals surface area contributed by atoms with Crippen LogP contribution in [0.1, 0.15) is 15.2 Å². The molecule has 3 amide bonds. The van der Waals surface area contributed by atoms with Crippen LogP contribution < -0.4 is 14.5 Å². The maximum Gasteiger partial charge on any atom is 0.420 e. The fourth-order valence-corrected chi connectivity index (χ4v) is 3.79. The maximum absolute atomic E-state index is 14.1. The minimum atomic E-state index is -5.55. The first-order valence-electron chi connectivity index (χ1n) is 12.6. The highest BCUT2D eigenvalue weighted by Crippen LogP contribution is 2.47. The topological polar surface area (TPSA) is 70.9 Å². The van der Waals surface area contributed by atoms with Gasteiger partial charge in [0.2, 0.25) is 0 Å². The molecule has 0 aliphatic carbocycles. The van der Waals surface area contributed by atoms with Crippen molar-refractivity contribution in [2.75, 3.05) is 36.4 Å². The number of nitrogens with zero attached hydrogens (tertiary/aromatic N) is 5. The van der Waals surface area contributed by atoms with E-state index in [9.17, 15) is 40.3 Å². The molecule has 0 unspecified atom stereocenters. The first-order chi connectivity index (χ1) is 19.5. The van der Waals surface area contributed by atoms with E-state index in [1.807, 2.05) is 0 Å². The van der Waals surface area contributed by atoms with Crippen LogP contribution in [0.5, 0.6) is 5.75 Å². The Balaban J connectivity index is 1.79. The molecular formula is C24H20F7N5O3. The van der Waals surface area contributed by atoms with Crippen LogP contribution in [0.2, 0.25) is 0 Å². The summed E-state index contributed by atoms with van der Waals surface area (Å²) < 4.78 is 126. The van der Waals surface area contributed by atoms with Gasteiger partial charge >= 0.3 is 24.5 Å². The number of carbonyl (C=O) groups excluding carboxylic acids is 2. The number of ether oxygens (including phenoxy) is 1. The summed E-state index contributed by atoms with van der Waals surface area (Å²) in [4.78, 5) is 31.8. The van der Waals surface area contributed by atoms with Gasteiger partial charge in [0.1, 0.15) is 11.4 Å². The third kappa shape index (κ3) is 6.07. The summed E-state index contributed by atoms with van der Waals surface area (Å²) in [5.74, 6) is -2.34. The molecule has 4 rings (SSSR count). The molecule has 0 bridgehead atoms. The smallest absolute Gasteiger partial charge is 0.407 e. The molecule has 3 aromatic rings. The van der Waals surface area contributed by atoms with Crippen LogP contribution in [-0.2, 0) is 18.9 Å². The van der Waals surface area contributed by atoms with Crippen LogP contribution in [-0.4, -0.2) is 53.2 Å². The second-order valence-electron chi connectivity index (χ2n) is 8.27. The zero-order chi connectivity index (χ0) is 31.0. The molecule has 1 aliphatic rings.